The van der Waals surface area contributed by atoms with Crippen LogP contribution in [-0.2, 0) is 18.4 Å². The van der Waals surface area contributed by atoms with Gasteiger partial charge in [-0.1, -0.05) is 18.2 Å². The molecule has 9 nitrogen and oxygen atoms in total. The standard InChI is InChI=1S/C31H34N7O2.C5H5.Fe/c1-37(2)17-9-15-32-25-19-29(40-4)27(18-26(25)34-30(39)21-10-5-6-11-21)36-31-33-16-14-24(35-31)23-20-38(3)28-13-8-7-12-22(23)28;1-2-4-5-3-1;/h5-8,10-14,16,18-20,32H,9,15,17H2,1-4H3,(H,34,39)(H,33,35,36);1-5H;. The van der Waals surface area contributed by atoms with Crippen molar-refractivity contribution in [3.8, 4) is 17.0 Å². The summed E-state index contributed by atoms with van der Waals surface area (Å²) < 4.78 is 8.19. The topological polar surface area (TPSA) is 96.3 Å². The Bertz CT molecular complexity index is 2480. The SMILES string of the molecule is COc1cc(NCCCN(C)C)c(NC(=O)[C]23[CH]4[CH]5[CH]6[CH]2[Fe]56432789[CH]3[CH]2[CH]7[CH]8[CH]39)cc1Nc1nccc(-c2cn(C)c3ccccc23)n1. The molecule has 0 aliphatic carbocycles. The maximum atomic E-state index is 14.7. The quantitative estimate of drug-likeness (QED) is 0.114. The Balaban J connectivity index is 0.830. The van der Waals surface area contributed by atoms with Gasteiger partial charge in [-0.3, -0.25) is 0 Å². The number of ether oxygens (including phenoxy) is 1. The first-order valence-electron chi connectivity index (χ1n) is 16.9. The van der Waals surface area contributed by atoms with Crippen molar-refractivity contribution in [2.75, 3.05) is 50.2 Å². The summed E-state index contributed by atoms with van der Waals surface area (Å²) in [5.41, 5.74) is 5.59. The van der Waals surface area contributed by atoms with E-state index in [2.05, 4.69) is 82.0 Å². The van der Waals surface area contributed by atoms with Crippen LogP contribution in [0.3, 0.4) is 0 Å². The molecule has 10 saturated heterocycles. The Labute approximate surface area is 257 Å². The van der Waals surface area contributed by atoms with Crippen LogP contribution in [0.25, 0.3) is 22.2 Å². The molecule has 4 unspecified atom stereocenters. The summed E-state index contributed by atoms with van der Waals surface area (Å²) in [7, 11) is 7.95. The van der Waals surface area contributed by atoms with Gasteiger partial charge in [0.15, 0.2) is 0 Å². The number of amides is 1. The average Bonchev–Trinajstić information content (AvgIpc) is 3.96. The molecule has 46 heavy (non-hydrogen) atoms. The number of aryl methyl sites for hydroxylation is 1. The molecule has 1 amide bonds. The predicted molar refractivity (Wildman–Crippen MR) is 177 cm³/mol. The number of aromatic nitrogens is 3. The van der Waals surface area contributed by atoms with Crippen LogP contribution >= 0.6 is 0 Å². The molecule has 4 aromatic rings. The fraction of sp³-hybridized carbons (Fsp3) is 0.472. The third-order valence-electron chi connectivity index (χ3n) is 20.8. The fourth-order valence-corrected chi connectivity index (χ4v) is 94.7. The molecule has 238 valence electrons. The van der Waals surface area contributed by atoms with Gasteiger partial charge in [0, 0.05) is 12.6 Å². The Hall–Kier alpha value is -3.59. The number of fused-ring (bicyclic) bond motifs is 11. The van der Waals surface area contributed by atoms with Gasteiger partial charge < -0.3 is 4.57 Å². The maximum absolute atomic E-state index is 14.7. The first-order chi connectivity index (χ1) is 22.1. The number of nitrogens with one attached hydrogen (secondary N) is 3. The summed E-state index contributed by atoms with van der Waals surface area (Å²) in [5, 5.41) is 11.9. The number of carbonyl (C=O) groups excluding carboxylic acids is 1. The molecule has 0 saturated carbocycles. The van der Waals surface area contributed by atoms with E-state index in [1.807, 2.05) is 18.2 Å². The predicted octanol–water partition coefficient (Wildman–Crippen LogP) is 7.45. The van der Waals surface area contributed by atoms with Crippen molar-refractivity contribution in [3.63, 3.8) is 0 Å². The van der Waals surface area contributed by atoms with E-state index in [4.69, 9.17) is 9.72 Å². The van der Waals surface area contributed by atoms with Crippen LogP contribution in [0.15, 0.2) is 54.9 Å². The number of benzene rings is 2. The number of methoxy groups -OCH3 is 1. The second kappa shape index (κ2) is 4.10. The summed E-state index contributed by atoms with van der Waals surface area (Å²) >= 11 is 0. The molecule has 1 spiro atoms. The van der Waals surface area contributed by atoms with E-state index in [1.165, 1.54) is 0 Å². The normalized spacial score (nSPS) is 51.3. The number of carbonyl (C=O) groups is 1. The molecule has 0 radical (unpaired) electrons. The summed E-state index contributed by atoms with van der Waals surface area (Å²) in [6.07, 6.45) is 4.92. The van der Waals surface area contributed by atoms with E-state index < -0.39 is 6.51 Å². The van der Waals surface area contributed by atoms with Gasteiger partial charge >= 0.3 is 217 Å². The molecule has 0 bridgehead atoms. The fourth-order valence-electron chi connectivity index (χ4n) is 21.0. The average molecular weight is 658 g/mol. The zero-order valence-electron chi connectivity index (χ0n) is 26.5. The van der Waals surface area contributed by atoms with Gasteiger partial charge in [0.05, 0.1) is 0 Å². The zero-order chi connectivity index (χ0) is 30.7. The number of hydrogen-bond donors (Lipinski definition) is 3. The molecule has 12 heterocycles. The summed E-state index contributed by atoms with van der Waals surface area (Å²) in [5.74, 6) is 1.58. The van der Waals surface area contributed by atoms with E-state index in [-0.39, 0.29) is 4.31 Å². The number of rotatable bonds is 11. The Morgan fingerprint density at radius 1 is 1.00 bits per heavy atom. The number of para-hydroxylation sites is 1. The van der Waals surface area contributed by atoms with Gasteiger partial charge in [-0.15, -0.1) is 0 Å². The van der Waals surface area contributed by atoms with Crippen LogP contribution in [0.4, 0.5) is 23.0 Å². The van der Waals surface area contributed by atoms with Crippen molar-refractivity contribution in [2.24, 2.45) is 7.05 Å². The van der Waals surface area contributed by atoms with Gasteiger partial charge in [0.2, 0.25) is 0 Å². The first-order valence-corrected chi connectivity index (χ1v) is 23.2. The molecular formula is C36H39FeN7O2. The van der Waals surface area contributed by atoms with Crippen LogP contribution in [0.1, 0.15) is 6.42 Å². The van der Waals surface area contributed by atoms with Crippen molar-refractivity contribution >= 4 is 39.8 Å². The van der Waals surface area contributed by atoms with Crippen LogP contribution in [0, 0.1) is 0 Å². The summed E-state index contributed by atoms with van der Waals surface area (Å²) in [6, 6.07) is 14.4. The van der Waals surface area contributed by atoms with Crippen LogP contribution < -0.4 is 20.7 Å². The first kappa shape index (κ1) is 23.7. The van der Waals surface area contributed by atoms with Gasteiger partial charge in [-0.05, 0) is 6.07 Å². The van der Waals surface area contributed by atoms with Crippen molar-refractivity contribution in [2.45, 2.75) is 54.1 Å². The second-order valence-electron chi connectivity index (χ2n) is 18.4. The van der Waals surface area contributed by atoms with Crippen molar-refractivity contribution in [1.29, 1.82) is 0 Å². The molecule has 10 fully saturated rings. The molecule has 4 atom stereocenters. The van der Waals surface area contributed by atoms with Crippen molar-refractivity contribution < 1.29 is 16.0 Å². The molecular weight excluding hydrogens is 618 g/mol. The summed E-state index contributed by atoms with van der Waals surface area (Å²) in [6.45, 7) is -1.79. The zero-order valence-corrected chi connectivity index (χ0v) is 27.6. The molecule has 14 rings (SSSR count). The van der Waals surface area contributed by atoms with E-state index in [1.54, 1.807) is 13.3 Å². The Kier molecular flexibility index (Phi) is 2.11. The molecule has 2 aromatic heterocycles. The van der Waals surface area contributed by atoms with Crippen LogP contribution in [0.5, 0.6) is 5.75 Å². The van der Waals surface area contributed by atoms with Gasteiger partial charge in [-0.2, -0.15) is 0 Å². The minimum atomic E-state index is -3.60. The number of anilines is 4. The van der Waals surface area contributed by atoms with Crippen molar-refractivity contribution in [3.05, 3.63) is 54.9 Å². The number of nitrogens with zero attached hydrogens (tertiary/aromatic N) is 4. The van der Waals surface area contributed by atoms with E-state index in [0.29, 0.717) is 17.6 Å². The van der Waals surface area contributed by atoms with E-state index in [9.17, 15) is 4.79 Å². The van der Waals surface area contributed by atoms with Gasteiger partial charge in [-0.25, -0.2) is 0 Å². The molecule has 10 heteroatoms. The number of hydrogen-bond acceptors (Lipinski definition) is 7. The molecule has 10 aliphatic heterocycles. The van der Waals surface area contributed by atoms with Crippen LogP contribution in [0.2, 0.25) is 47.7 Å². The molecule has 10 aliphatic rings. The van der Waals surface area contributed by atoms with E-state index >= 15 is 0 Å². The summed E-state index contributed by atoms with van der Waals surface area (Å²) in [4.78, 5) is 36.0. The Morgan fingerprint density at radius 3 is 2.39 bits per heavy atom. The van der Waals surface area contributed by atoms with E-state index in [0.717, 1.165) is 102 Å². The van der Waals surface area contributed by atoms with Crippen LogP contribution in [-0.4, -0.2) is 59.6 Å². The second-order valence-corrected chi connectivity index (χ2v) is 41.9. The monoisotopic (exact) mass is 657 g/mol. The molecule has 2 aromatic carbocycles. The Morgan fingerprint density at radius 2 is 1.74 bits per heavy atom. The van der Waals surface area contributed by atoms with Crippen molar-refractivity contribution in [1.82, 2.24) is 19.4 Å². The van der Waals surface area contributed by atoms with Gasteiger partial charge in [0.1, 0.15) is 0 Å². The third-order valence-corrected chi connectivity index (χ3v) is 63.1. The minimum absolute atomic E-state index is 0.144. The third kappa shape index (κ3) is 0.770. The van der Waals surface area contributed by atoms with Gasteiger partial charge in [0.25, 0.3) is 0 Å². The molecule has 3 N–H and O–H groups in total.